The number of aliphatic hydroxyl groups excluding tert-OH is 2. The molecule has 0 amide bonds. The maximum Gasteiger partial charge on any atom is 0.0751 e. The molecule has 5 nitrogen and oxygen atoms in total. The van der Waals surface area contributed by atoms with Gasteiger partial charge in [-0.1, -0.05) is 13.8 Å². The minimum atomic E-state index is -0.176. The molecule has 2 saturated heterocycles. The van der Waals surface area contributed by atoms with Gasteiger partial charge in [-0.15, -0.1) is 0 Å². The average molecular weight is 447 g/mol. The third kappa shape index (κ3) is 3.28. The van der Waals surface area contributed by atoms with Crippen LogP contribution in [0.4, 0.5) is 0 Å². The zero-order chi connectivity index (χ0) is 22.1. The Hall–Kier alpha value is -0.200. The van der Waals surface area contributed by atoms with Gasteiger partial charge in [-0.2, -0.15) is 0 Å². The van der Waals surface area contributed by atoms with Crippen molar-refractivity contribution in [2.45, 2.75) is 95.9 Å². The number of hydrogen-bond acceptors (Lipinski definition) is 5. The molecule has 0 radical (unpaired) electrons. The second-order valence-corrected chi connectivity index (χ2v) is 12.9. The maximum absolute atomic E-state index is 11.5. The highest BCUT2D eigenvalue weighted by molar-refractivity contribution is 5.14. The van der Waals surface area contributed by atoms with E-state index in [1.165, 1.54) is 58.0 Å². The Balaban J connectivity index is 1.25. The van der Waals surface area contributed by atoms with Gasteiger partial charge in [0, 0.05) is 25.2 Å². The number of likely N-dealkylation sites (tertiary alicyclic amines) is 1. The van der Waals surface area contributed by atoms with Gasteiger partial charge >= 0.3 is 0 Å². The van der Waals surface area contributed by atoms with Gasteiger partial charge in [-0.05, 0) is 105 Å². The van der Waals surface area contributed by atoms with Crippen molar-refractivity contribution in [3.05, 3.63) is 0 Å². The van der Waals surface area contributed by atoms with Crippen LogP contribution in [0.15, 0.2) is 0 Å². The molecule has 0 aromatic heterocycles. The molecular weight excluding hydrogens is 400 g/mol. The summed E-state index contributed by atoms with van der Waals surface area (Å²) in [5, 5.41) is 22.7. The van der Waals surface area contributed by atoms with Crippen molar-refractivity contribution in [1.29, 1.82) is 0 Å². The second kappa shape index (κ2) is 8.19. The van der Waals surface area contributed by atoms with Gasteiger partial charge in [-0.3, -0.25) is 9.80 Å². The topological polar surface area (TPSA) is 56.2 Å². The van der Waals surface area contributed by atoms with Crippen molar-refractivity contribution in [2.75, 3.05) is 39.4 Å². The first-order valence-corrected chi connectivity index (χ1v) is 13.8. The molecule has 5 heteroatoms. The first kappa shape index (κ1) is 22.3. The van der Waals surface area contributed by atoms with Crippen molar-refractivity contribution >= 4 is 0 Å². The molecule has 0 unspecified atom stereocenters. The molecule has 4 aliphatic carbocycles. The Kier molecular flexibility index (Phi) is 5.70. The van der Waals surface area contributed by atoms with Gasteiger partial charge in [0.05, 0.1) is 25.4 Å². The number of rotatable bonds is 2. The average Bonchev–Trinajstić information content (AvgIpc) is 3.41. The maximum atomic E-state index is 11.5. The van der Waals surface area contributed by atoms with E-state index in [0.717, 1.165) is 51.0 Å². The second-order valence-electron chi connectivity index (χ2n) is 12.9. The molecule has 0 aromatic rings. The Morgan fingerprint density at radius 2 is 1.50 bits per heavy atom. The molecule has 6 aliphatic rings. The summed E-state index contributed by atoms with van der Waals surface area (Å²) in [4.78, 5) is 5.16. The molecule has 182 valence electrons. The van der Waals surface area contributed by atoms with Crippen LogP contribution in [0.3, 0.4) is 0 Å². The standard InChI is InChI=1S/C27H46N2O3/c1-26-8-7-20-19(21(26)16-22(25(26)31)28-9-3-4-10-28)6-5-18-15-24(30)23(17-27(18,20)2)29-11-13-32-14-12-29/h18-25,30-31H,3-17H2,1-2H3/t18-,19+,20+,21+,22-,23-,24-,25-,26-,27-/m0/s1. The van der Waals surface area contributed by atoms with Crippen molar-refractivity contribution in [2.24, 2.45) is 34.5 Å². The van der Waals surface area contributed by atoms with Crippen LogP contribution in [-0.4, -0.2) is 83.7 Å². The van der Waals surface area contributed by atoms with E-state index < -0.39 is 0 Å². The van der Waals surface area contributed by atoms with Crippen LogP contribution in [-0.2, 0) is 4.74 Å². The highest BCUT2D eigenvalue weighted by Crippen LogP contribution is 2.66. The lowest BCUT2D eigenvalue weighted by Crippen LogP contribution is -2.61. The number of hydrogen-bond donors (Lipinski definition) is 2. The molecule has 2 heterocycles. The third-order valence-corrected chi connectivity index (χ3v) is 11.8. The van der Waals surface area contributed by atoms with Crippen LogP contribution < -0.4 is 0 Å². The van der Waals surface area contributed by atoms with E-state index in [9.17, 15) is 10.2 Å². The zero-order valence-corrected chi connectivity index (χ0v) is 20.4. The minimum Gasteiger partial charge on any atom is -0.391 e. The third-order valence-electron chi connectivity index (χ3n) is 11.8. The summed E-state index contributed by atoms with van der Waals surface area (Å²) >= 11 is 0. The smallest absolute Gasteiger partial charge is 0.0751 e. The van der Waals surface area contributed by atoms with Crippen molar-refractivity contribution in [3.63, 3.8) is 0 Å². The van der Waals surface area contributed by atoms with E-state index in [0.29, 0.717) is 29.3 Å². The molecular formula is C27H46N2O3. The summed E-state index contributed by atoms with van der Waals surface area (Å²) in [7, 11) is 0. The largest absolute Gasteiger partial charge is 0.391 e. The molecule has 0 aromatic carbocycles. The van der Waals surface area contributed by atoms with Crippen LogP contribution in [0.5, 0.6) is 0 Å². The lowest BCUT2D eigenvalue weighted by atomic mass is 9.44. The van der Waals surface area contributed by atoms with E-state index in [2.05, 4.69) is 23.6 Å². The summed E-state index contributed by atoms with van der Waals surface area (Å²) in [5.41, 5.74) is 0.443. The molecule has 2 aliphatic heterocycles. The lowest BCUT2D eigenvalue weighted by molar-refractivity contribution is -0.158. The van der Waals surface area contributed by atoms with Gasteiger partial charge in [0.2, 0.25) is 0 Å². The fraction of sp³-hybridized carbons (Fsp3) is 1.00. The number of nitrogens with zero attached hydrogens (tertiary/aromatic N) is 2. The van der Waals surface area contributed by atoms with E-state index >= 15 is 0 Å². The van der Waals surface area contributed by atoms with Crippen molar-refractivity contribution < 1.29 is 14.9 Å². The van der Waals surface area contributed by atoms with Crippen LogP contribution in [0.25, 0.3) is 0 Å². The fourth-order valence-electron chi connectivity index (χ4n) is 9.97. The molecule has 32 heavy (non-hydrogen) atoms. The summed E-state index contributed by atoms with van der Waals surface area (Å²) < 4.78 is 5.61. The molecule has 4 saturated carbocycles. The quantitative estimate of drug-likeness (QED) is 0.683. The lowest BCUT2D eigenvalue weighted by Gasteiger charge is -2.62. The molecule has 10 atom stereocenters. The highest BCUT2D eigenvalue weighted by atomic mass is 16.5. The Bertz CT molecular complexity index is 692. The Morgan fingerprint density at radius 3 is 2.25 bits per heavy atom. The zero-order valence-electron chi connectivity index (χ0n) is 20.4. The van der Waals surface area contributed by atoms with Crippen LogP contribution in [0.2, 0.25) is 0 Å². The van der Waals surface area contributed by atoms with Crippen molar-refractivity contribution in [3.8, 4) is 0 Å². The summed E-state index contributed by atoms with van der Waals surface area (Å²) in [5.74, 6) is 2.87. The van der Waals surface area contributed by atoms with Gasteiger partial charge in [0.1, 0.15) is 0 Å². The summed E-state index contributed by atoms with van der Waals surface area (Å²) in [6.45, 7) is 11.0. The Morgan fingerprint density at radius 1 is 0.781 bits per heavy atom. The molecule has 0 spiro atoms. The number of aliphatic hydroxyl groups is 2. The van der Waals surface area contributed by atoms with Crippen molar-refractivity contribution in [1.82, 2.24) is 9.80 Å². The van der Waals surface area contributed by atoms with E-state index in [-0.39, 0.29) is 17.6 Å². The highest BCUT2D eigenvalue weighted by Gasteiger charge is 2.63. The Labute approximate surface area is 194 Å². The van der Waals surface area contributed by atoms with Gasteiger partial charge in [0.25, 0.3) is 0 Å². The molecule has 0 bridgehead atoms. The number of ether oxygens (including phenoxy) is 1. The normalized spacial score (nSPS) is 54.8. The van der Waals surface area contributed by atoms with E-state index in [1.54, 1.807) is 0 Å². The van der Waals surface area contributed by atoms with E-state index in [1.807, 2.05) is 0 Å². The predicted octanol–water partition coefficient (Wildman–Crippen LogP) is 3.14. The molecule has 6 rings (SSSR count). The fourth-order valence-corrected chi connectivity index (χ4v) is 9.97. The van der Waals surface area contributed by atoms with Gasteiger partial charge in [0.15, 0.2) is 0 Å². The monoisotopic (exact) mass is 446 g/mol. The SMILES string of the molecule is C[C@]12C[C@H](N3CCOCC3)[C@@H](O)C[C@@H]1CC[C@@H]1[C@H]2CC[C@@]2(C)[C@@H]1C[C@H](N1CCCC1)[C@@H]2O. The first-order valence-electron chi connectivity index (χ1n) is 13.8. The van der Waals surface area contributed by atoms with Crippen LogP contribution in [0, 0.1) is 34.5 Å². The molecule has 2 N–H and O–H groups in total. The number of fused-ring (bicyclic) bond motifs is 5. The van der Waals surface area contributed by atoms with E-state index in [4.69, 9.17) is 4.74 Å². The van der Waals surface area contributed by atoms with Crippen LogP contribution >= 0.6 is 0 Å². The van der Waals surface area contributed by atoms with Gasteiger partial charge < -0.3 is 14.9 Å². The summed E-state index contributed by atoms with van der Waals surface area (Å²) in [6.07, 6.45) is 10.7. The van der Waals surface area contributed by atoms with Gasteiger partial charge in [-0.25, -0.2) is 0 Å². The number of morpholine rings is 1. The summed E-state index contributed by atoms with van der Waals surface area (Å²) in [6, 6.07) is 0.699. The van der Waals surface area contributed by atoms with Crippen LogP contribution in [0.1, 0.15) is 71.6 Å². The predicted molar refractivity (Wildman–Crippen MR) is 125 cm³/mol. The molecule has 6 fully saturated rings. The first-order chi connectivity index (χ1) is 15.4. The minimum absolute atomic E-state index is 0.107.